The van der Waals surface area contributed by atoms with Crippen LogP contribution in [0.15, 0.2) is 0 Å². The quantitative estimate of drug-likeness (QED) is 0.562. The Kier molecular flexibility index (Phi) is 2.86. The lowest BCUT2D eigenvalue weighted by molar-refractivity contribution is 0.373. The molecule has 0 aliphatic heterocycles. The average molecular weight is 148 g/mol. The van der Waals surface area contributed by atoms with Crippen molar-refractivity contribution >= 4 is 7.60 Å². The van der Waals surface area contributed by atoms with E-state index >= 15 is 0 Å². The number of rotatable bonds is 2. The standard InChI is InChI=1S/C4H7NO3P/c1-4(2-3-5)9(6,7)8/h2H2,1H3,(H2,6,7,8). The van der Waals surface area contributed by atoms with E-state index < -0.39 is 7.60 Å². The molecule has 0 aliphatic carbocycles. The summed E-state index contributed by atoms with van der Waals surface area (Å²) in [4.78, 5) is 16.7. The highest BCUT2D eigenvalue weighted by atomic mass is 31.2. The predicted molar refractivity (Wildman–Crippen MR) is 31.2 cm³/mol. The molecule has 1 radical (unpaired) electrons. The van der Waals surface area contributed by atoms with Crippen LogP contribution in [0, 0.1) is 17.0 Å². The van der Waals surface area contributed by atoms with Crippen molar-refractivity contribution in [2.45, 2.75) is 13.3 Å². The summed E-state index contributed by atoms with van der Waals surface area (Å²) in [6.45, 7) is 1.27. The normalized spacial score (nSPS) is 11.4. The van der Waals surface area contributed by atoms with Gasteiger partial charge in [0.25, 0.3) is 0 Å². The monoisotopic (exact) mass is 148 g/mol. The van der Waals surface area contributed by atoms with Gasteiger partial charge in [0.2, 0.25) is 0 Å². The molecule has 0 amide bonds. The molecule has 0 aromatic heterocycles. The van der Waals surface area contributed by atoms with E-state index in [1.807, 2.05) is 0 Å². The van der Waals surface area contributed by atoms with Crippen LogP contribution in [0.5, 0.6) is 0 Å². The molecule has 5 heteroatoms. The third kappa shape index (κ3) is 3.26. The molecule has 0 rings (SSSR count). The maximum Gasteiger partial charge on any atom is 0.333 e. The first-order chi connectivity index (χ1) is 3.98. The van der Waals surface area contributed by atoms with E-state index in [0.29, 0.717) is 0 Å². The van der Waals surface area contributed by atoms with E-state index in [2.05, 4.69) is 0 Å². The van der Waals surface area contributed by atoms with Gasteiger partial charge in [0.05, 0.1) is 18.1 Å². The zero-order valence-electron chi connectivity index (χ0n) is 4.90. The van der Waals surface area contributed by atoms with Gasteiger partial charge in [-0.2, -0.15) is 5.26 Å². The minimum atomic E-state index is -4.08. The van der Waals surface area contributed by atoms with Crippen LogP contribution in [0.4, 0.5) is 0 Å². The lowest BCUT2D eigenvalue weighted by atomic mass is 10.4. The van der Waals surface area contributed by atoms with Gasteiger partial charge in [0, 0.05) is 0 Å². The van der Waals surface area contributed by atoms with Crippen molar-refractivity contribution in [3.05, 3.63) is 5.66 Å². The first kappa shape index (κ1) is 8.64. The van der Waals surface area contributed by atoms with Gasteiger partial charge in [-0.25, -0.2) is 0 Å². The van der Waals surface area contributed by atoms with E-state index in [0.717, 1.165) is 0 Å². The van der Waals surface area contributed by atoms with Crippen molar-refractivity contribution in [3.8, 4) is 6.07 Å². The Bertz CT molecular complexity index is 167. The molecule has 0 aromatic rings. The molecule has 0 heterocycles. The summed E-state index contributed by atoms with van der Waals surface area (Å²) in [5.41, 5.74) is -0.0787. The summed E-state index contributed by atoms with van der Waals surface area (Å²) in [7, 11) is -4.08. The van der Waals surface area contributed by atoms with Crippen LogP contribution < -0.4 is 0 Å². The van der Waals surface area contributed by atoms with E-state index in [9.17, 15) is 4.57 Å². The molecule has 0 saturated heterocycles. The van der Waals surface area contributed by atoms with Crippen LogP contribution >= 0.6 is 7.60 Å². The maximum atomic E-state index is 10.2. The molecule has 0 aromatic carbocycles. The Morgan fingerprint density at radius 1 is 1.78 bits per heavy atom. The molecule has 4 nitrogen and oxygen atoms in total. The molecule has 0 bridgehead atoms. The molecule has 0 aliphatic rings. The third-order valence-corrected chi connectivity index (χ3v) is 1.98. The zero-order chi connectivity index (χ0) is 7.49. The summed E-state index contributed by atoms with van der Waals surface area (Å²) in [5.74, 6) is 0. The number of nitriles is 1. The molecular weight excluding hydrogens is 141 g/mol. The van der Waals surface area contributed by atoms with E-state index in [1.54, 1.807) is 6.07 Å². The van der Waals surface area contributed by atoms with Crippen molar-refractivity contribution < 1.29 is 14.4 Å². The van der Waals surface area contributed by atoms with Crippen LogP contribution in [-0.2, 0) is 4.57 Å². The van der Waals surface area contributed by atoms with Gasteiger partial charge in [0.15, 0.2) is 0 Å². The van der Waals surface area contributed by atoms with Crippen LogP contribution in [0.1, 0.15) is 13.3 Å². The third-order valence-electron chi connectivity index (χ3n) is 0.832. The minimum Gasteiger partial charge on any atom is -0.324 e. The van der Waals surface area contributed by atoms with E-state index in [1.165, 1.54) is 6.92 Å². The van der Waals surface area contributed by atoms with Crippen LogP contribution in [-0.4, -0.2) is 9.79 Å². The van der Waals surface area contributed by atoms with Gasteiger partial charge < -0.3 is 9.79 Å². The summed E-state index contributed by atoms with van der Waals surface area (Å²) in [6.07, 6.45) is -0.176. The number of hydrogen-bond donors (Lipinski definition) is 2. The first-order valence-corrected chi connectivity index (χ1v) is 3.85. The Balaban J connectivity index is 3.93. The van der Waals surface area contributed by atoms with Crippen LogP contribution in [0.2, 0.25) is 0 Å². The largest absolute Gasteiger partial charge is 0.333 e. The Morgan fingerprint density at radius 2 is 2.22 bits per heavy atom. The zero-order valence-corrected chi connectivity index (χ0v) is 5.80. The summed E-state index contributed by atoms with van der Waals surface area (Å²) in [6, 6.07) is 1.64. The van der Waals surface area contributed by atoms with Gasteiger partial charge in [-0.05, 0) is 6.92 Å². The Hall–Kier alpha value is -0.360. The summed E-state index contributed by atoms with van der Waals surface area (Å²) in [5, 5.41) is 7.99. The van der Waals surface area contributed by atoms with Crippen molar-refractivity contribution in [3.63, 3.8) is 0 Å². The Morgan fingerprint density at radius 3 is 2.33 bits per heavy atom. The number of hydrogen-bond acceptors (Lipinski definition) is 2. The van der Waals surface area contributed by atoms with Gasteiger partial charge in [-0.3, -0.25) is 4.57 Å². The van der Waals surface area contributed by atoms with Crippen molar-refractivity contribution in [1.82, 2.24) is 0 Å². The highest BCUT2D eigenvalue weighted by Gasteiger charge is 2.23. The average Bonchev–Trinajstić information content (AvgIpc) is 1.64. The van der Waals surface area contributed by atoms with Gasteiger partial charge in [0.1, 0.15) is 0 Å². The molecule has 0 spiro atoms. The highest BCUT2D eigenvalue weighted by molar-refractivity contribution is 7.55. The van der Waals surface area contributed by atoms with Crippen LogP contribution in [0.25, 0.3) is 0 Å². The second-order valence-electron chi connectivity index (χ2n) is 1.61. The van der Waals surface area contributed by atoms with Gasteiger partial charge >= 0.3 is 7.60 Å². The summed E-state index contributed by atoms with van der Waals surface area (Å²) >= 11 is 0. The molecule has 0 saturated carbocycles. The van der Waals surface area contributed by atoms with Crippen molar-refractivity contribution in [1.29, 1.82) is 5.26 Å². The lowest BCUT2D eigenvalue weighted by Gasteiger charge is -2.06. The highest BCUT2D eigenvalue weighted by Crippen LogP contribution is 2.48. The second kappa shape index (κ2) is 2.98. The van der Waals surface area contributed by atoms with Crippen molar-refractivity contribution in [2.24, 2.45) is 0 Å². The molecular formula is C4H7NO3P. The van der Waals surface area contributed by atoms with Gasteiger partial charge in [-0.15, -0.1) is 0 Å². The van der Waals surface area contributed by atoms with E-state index in [4.69, 9.17) is 15.0 Å². The smallest absolute Gasteiger partial charge is 0.324 e. The lowest BCUT2D eigenvalue weighted by Crippen LogP contribution is -1.90. The SMILES string of the molecule is C[C](CC#N)P(=O)(O)O. The molecule has 2 N–H and O–H groups in total. The fourth-order valence-electron chi connectivity index (χ4n) is 0.217. The van der Waals surface area contributed by atoms with Crippen molar-refractivity contribution in [2.75, 3.05) is 0 Å². The minimum absolute atomic E-state index is 0.0787. The molecule has 0 fully saturated rings. The first-order valence-electron chi connectivity index (χ1n) is 2.24. The summed E-state index contributed by atoms with van der Waals surface area (Å²) < 4.78 is 10.2. The molecule has 0 atom stereocenters. The predicted octanol–water partition coefficient (Wildman–Crippen LogP) is 0.630. The van der Waals surface area contributed by atoms with Gasteiger partial charge in [-0.1, -0.05) is 0 Å². The van der Waals surface area contributed by atoms with Crippen LogP contribution in [0.3, 0.4) is 0 Å². The Labute approximate surface area is 53.3 Å². The van der Waals surface area contributed by atoms with E-state index in [-0.39, 0.29) is 12.1 Å². The fourth-order valence-corrected chi connectivity index (χ4v) is 0.494. The topological polar surface area (TPSA) is 81.3 Å². The molecule has 51 valence electrons. The maximum absolute atomic E-state index is 10.2. The fraction of sp³-hybridized carbons (Fsp3) is 0.500. The molecule has 0 unspecified atom stereocenters. The number of nitrogens with zero attached hydrogens (tertiary/aromatic N) is 1. The second-order valence-corrected chi connectivity index (χ2v) is 3.47. The molecule has 9 heavy (non-hydrogen) atoms.